The van der Waals surface area contributed by atoms with Crippen LogP contribution in [0.5, 0.6) is 0 Å². The number of hydrogen-bond donors (Lipinski definition) is 2. The number of unbranched alkanes of at least 4 members (excludes halogenated alkanes) is 8. The van der Waals surface area contributed by atoms with E-state index in [2.05, 4.69) is 16.7 Å². The molecule has 2 N–H and O–H groups in total. The van der Waals surface area contributed by atoms with Gasteiger partial charge in [-0.05, 0) is 6.42 Å². The average Bonchev–Trinajstić information content (AvgIpc) is 2.48. The van der Waals surface area contributed by atoms with Crippen molar-refractivity contribution in [1.29, 1.82) is 0 Å². The van der Waals surface area contributed by atoms with E-state index < -0.39 is 17.9 Å². The Morgan fingerprint density at radius 3 is 1.60 bits per heavy atom. The standard InChI is InChI=1S/C14H26O6/c1-2-3-4-5-6-7-8-9-10-11-12(13(15)19-17)14(16)20-18/h12,17-18H,2-11H2,1H3. The Labute approximate surface area is 119 Å². The average molecular weight is 290 g/mol. The molecule has 0 unspecified atom stereocenters. The Morgan fingerprint density at radius 2 is 1.20 bits per heavy atom. The molecular formula is C14H26O6. The molecule has 0 aromatic rings. The third kappa shape index (κ3) is 8.87. The molecule has 0 aliphatic rings. The summed E-state index contributed by atoms with van der Waals surface area (Å²) in [5, 5.41) is 16.5. The summed E-state index contributed by atoms with van der Waals surface area (Å²) in [4.78, 5) is 29.2. The van der Waals surface area contributed by atoms with E-state index in [0.717, 1.165) is 19.3 Å². The molecule has 0 amide bonds. The van der Waals surface area contributed by atoms with E-state index in [9.17, 15) is 9.59 Å². The fourth-order valence-corrected chi connectivity index (χ4v) is 2.12. The van der Waals surface area contributed by atoms with Crippen molar-refractivity contribution in [3.63, 3.8) is 0 Å². The maximum absolute atomic E-state index is 11.1. The monoisotopic (exact) mass is 290 g/mol. The SMILES string of the molecule is CCCCCCCCCCCC(C(=O)OO)C(=O)OO. The molecule has 0 saturated heterocycles. The largest absolute Gasteiger partial charge is 0.356 e. The highest BCUT2D eigenvalue weighted by molar-refractivity contribution is 5.94. The van der Waals surface area contributed by atoms with Crippen LogP contribution >= 0.6 is 0 Å². The molecule has 0 fully saturated rings. The van der Waals surface area contributed by atoms with Gasteiger partial charge in [-0.3, -0.25) is 0 Å². The van der Waals surface area contributed by atoms with Crippen molar-refractivity contribution in [2.24, 2.45) is 5.92 Å². The predicted molar refractivity (Wildman–Crippen MR) is 72.8 cm³/mol. The first kappa shape index (κ1) is 18.9. The van der Waals surface area contributed by atoms with Gasteiger partial charge in [-0.2, -0.15) is 10.5 Å². The first-order valence-electron chi connectivity index (χ1n) is 7.37. The highest BCUT2D eigenvalue weighted by atomic mass is 17.1. The highest BCUT2D eigenvalue weighted by Gasteiger charge is 2.30. The zero-order chi connectivity index (χ0) is 15.2. The normalized spacial score (nSPS) is 10.6. The molecule has 20 heavy (non-hydrogen) atoms. The van der Waals surface area contributed by atoms with E-state index in [4.69, 9.17) is 10.5 Å². The van der Waals surface area contributed by atoms with Gasteiger partial charge in [0.05, 0.1) is 0 Å². The summed E-state index contributed by atoms with van der Waals surface area (Å²) in [6, 6.07) is 0. The minimum absolute atomic E-state index is 0.203. The van der Waals surface area contributed by atoms with Gasteiger partial charge < -0.3 is 9.78 Å². The van der Waals surface area contributed by atoms with Crippen LogP contribution in [0.2, 0.25) is 0 Å². The van der Waals surface area contributed by atoms with Gasteiger partial charge in [0.15, 0.2) is 5.92 Å². The molecule has 0 aromatic carbocycles. The molecular weight excluding hydrogens is 264 g/mol. The lowest BCUT2D eigenvalue weighted by molar-refractivity contribution is -0.255. The van der Waals surface area contributed by atoms with Crippen molar-refractivity contribution >= 4 is 11.9 Å². The maximum Gasteiger partial charge on any atom is 0.356 e. The smallest absolute Gasteiger partial charge is 0.300 e. The van der Waals surface area contributed by atoms with Crippen LogP contribution in [0, 0.1) is 5.92 Å². The Hall–Kier alpha value is -1.14. The topological polar surface area (TPSA) is 93.1 Å². The number of carbonyl (C=O) groups is 2. The van der Waals surface area contributed by atoms with Crippen LogP contribution in [0.4, 0.5) is 0 Å². The molecule has 0 aliphatic heterocycles. The fraction of sp³-hybridized carbons (Fsp3) is 0.857. The quantitative estimate of drug-likeness (QED) is 0.247. The molecule has 118 valence electrons. The second-order valence-corrected chi connectivity index (χ2v) is 4.99. The van der Waals surface area contributed by atoms with Crippen molar-refractivity contribution in [1.82, 2.24) is 0 Å². The summed E-state index contributed by atoms with van der Waals surface area (Å²) >= 11 is 0. The van der Waals surface area contributed by atoms with Gasteiger partial charge in [0, 0.05) is 0 Å². The number of hydrogen-bond acceptors (Lipinski definition) is 6. The molecule has 0 rings (SSSR count). The summed E-state index contributed by atoms with van der Waals surface area (Å²) in [6.07, 6.45) is 10.2. The second kappa shape index (κ2) is 12.9. The summed E-state index contributed by atoms with van der Waals surface area (Å²) in [5.41, 5.74) is 0. The first-order valence-corrected chi connectivity index (χ1v) is 7.37. The molecule has 0 spiro atoms. The molecule has 6 heteroatoms. The zero-order valence-electron chi connectivity index (χ0n) is 12.2. The summed E-state index contributed by atoms with van der Waals surface area (Å²) in [7, 11) is 0. The Kier molecular flexibility index (Phi) is 12.1. The van der Waals surface area contributed by atoms with E-state index in [1.807, 2.05) is 0 Å². The van der Waals surface area contributed by atoms with Gasteiger partial charge in [0.1, 0.15) is 0 Å². The lowest BCUT2D eigenvalue weighted by atomic mass is 10.00. The van der Waals surface area contributed by atoms with E-state index in [1.54, 1.807) is 0 Å². The van der Waals surface area contributed by atoms with Crippen LogP contribution in [-0.2, 0) is 19.4 Å². The zero-order valence-corrected chi connectivity index (χ0v) is 12.2. The predicted octanol–water partition coefficient (Wildman–Crippen LogP) is 3.56. The third-order valence-corrected chi connectivity index (χ3v) is 3.35. The number of rotatable bonds is 12. The highest BCUT2D eigenvalue weighted by Crippen LogP contribution is 2.15. The molecule has 6 nitrogen and oxygen atoms in total. The summed E-state index contributed by atoms with van der Waals surface area (Å²) in [6.45, 7) is 2.19. The lowest BCUT2D eigenvalue weighted by Gasteiger charge is -2.09. The third-order valence-electron chi connectivity index (χ3n) is 3.35. The second-order valence-electron chi connectivity index (χ2n) is 4.99. The van der Waals surface area contributed by atoms with Crippen LogP contribution in [-0.4, -0.2) is 22.5 Å². The van der Waals surface area contributed by atoms with Crippen LogP contribution in [0.15, 0.2) is 0 Å². The van der Waals surface area contributed by atoms with Crippen LogP contribution in [0.3, 0.4) is 0 Å². The Morgan fingerprint density at radius 1 is 0.800 bits per heavy atom. The fourth-order valence-electron chi connectivity index (χ4n) is 2.12. The van der Waals surface area contributed by atoms with Gasteiger partial charge in [0.25, 0.3) is 0 Å². The molecule has 0 atom stereocenters. The van der Waals surface area contributed by atoms with Crippen LogP contribution < -0.4 is 0 Å². The maximum atomic E-state index is 11.1. The van der Waals surface area contributed by atoms with Crippen LogP contribution in [0.1, 0.15) is 71.1 Å². The minimum atomic E-state index is -1.26. The Bertz CT molecular complexity index is 250. The molecule has 0 radical (unpaired) electrons. The van der Waals surface area contributed by atoms with Crippen molar-refractivity contribution in [2.45, 2.75) is 71.1 Å². The van der Waals surface area contributed by atoms with E-state index in [-0.39, 0.29) is 6.42 Å². The molecule has 0 aliphatic carbocycles. The van der Waals surface area contributed by atoms with Gasteiger partial charge in [-0.1, -0.05) is 64.7 Å². The first-order chi connectivity index (χ1) is 9.67. The summed E-state index contributed by atoms with van der Waals surface area (Å²) < 4.78 is 0. The van der Waals surface area contributed by atoms with Crippen molar-refractivity contribution in [2.75, 3.05) is 0 Å². The van der Waals surface area contributed by atoms with E-state index in [0.29, 0.717) is 6.42 Å². The van der Waals surface area contributed by atoms with Crippen molar-refractivity contribution < 1.29 is 29.9 Å². The van der Waals surface area contributed by atoms with Gasteiger partial charge >= 0.3 is 11.9 Å². The van der Waals surface area contributed by atoms with Crippen LogP contribution in [0.25, 0.3) is 0 Å². The number of carbonyl (C=O) groups excluding carboxylic acids is 2. The van der Waals surface area contributed by atoms with E-state index >= 15 is 0 Å². The van der Waals surface area contributed by atoms with Gasteiger partial charge in [0.2, 0.25) is 0 Å². The Balaban J connectivity index is 3.64. The van der Waals surface area contributed by atoms with Crippen molar-refractivity contribution in [3.8, 4) is 0 Å². The van der Waals surface area contributed by atoms with E-state index in [1.165, 1.54) is 32.1 Å². The lowest BCUT2D eigenvalue weighted by Crippen LogP contribution is -2.26. The summed E-state index contributed by atoms with van der Waals surface area (Å²) in [5.74, 6) is -3.44. The minimum Gasteiger partial charge on any atom is -0.300 e. The van der Waals surface area contributed by atoms with Crippen molar-refractivity contribution in [3.05, 3.63) is 0 Å². The van der Waals surface area contributed by atoms with Gasteiger partial charge in [-0.25, -0.2) is 9.59 Å². The molecule has 0 aromatic heterocycles. The molecule has 0 heterocycles. The molecule has 0 saturated carbocycles. The van der Waals surface area contributed by atoms with Gasteiger partial charge in [-0.15, -0.1) is 0 Å². The molecule has 0 bridgehead atoms.